The molecule has 0 fully saturated rings. The number of phenolic OH excluding ortho intramolecular Hbond substituents is 1. The summed E-state index contributed by atoms with van der Waals surface area (Å²) in [5.41, 5.74) is 5.31. The smallest absolute Gasteiger partial charge is 0.120 e. The minimum absolute atomic E-state index is 0.0682. The average Bonchev–Trinajstić information content (AvgIpc) is 3.38. The molecule has 0 aliphatic carbocycles. The second-order valence-corrected chi connectivity index (χ2v) is 7.34. The van der Waals surface area contributed by atoms with Gasteiger partial charge < -0.3 is 24.5 Å². The summed E-state index contributed by atoms with van der Waals surface area (Å²) in [6, 6.07) is 19.6. The molecule has 5 heteroatoms. The molecule has 0 saturated carbocycles. The number of aromatic nitrogens is 2. The summed E-state index contributed by atoms with van der Waals surface area (Å²) in [6.45, 7) is 0. The van der Waals surface area contributed by atoms with Crippen molar-refractivity contribution in [1.29, 1.82) is 0 Å². The van der Waals surface area contributed by atoms with Gasteiger partial charge in [-0.05, 0) is 53.1 Å². The molecule has 0 aliphatic heterocycles. The summed E-state index contributed by atoms with van der Waals surface area (Å²) in [5, 5.41) is 12.4. The fourth-order valence-corrected chi connectivity index (χ4v) is 4.22. The van der Waals surface area contributed by atoms with Gasteiger partial charge in [0.05, 0.1) is 14.2 Å². The molecule has 0 saturated heterocycles. The van der Waals surface area contributed by atoms with Crippen LogP contribution in [0.15, 0.2) is 73.1 Å². The van der Waals surface area contributed by atoms with Crippen molar-refractivity contribution in [3.8, 4) is 17.2 Å². The Kier molecular flexibility index (Phi) is 4.36. The van der Waals surface area contributed by atoms with E-state index in [-0.39, 0.29) is 11.7 Å². The Bertz CT molecular complexity index is 1270. The van der Waals surface area contributed by atoms with Crippen LogP contribution in [-0.2, 0) is 0 Å². The molecule has 0 bridgehead atoms. The van der Waals surface area contributed by atoms with E-state index < -0.39 is 0 Å². The zero-order valence-corrected chi connectivity index (χ0v) is 16.8. The van der Waals surface area contributed by atoms with Gasteiger partial charge in [0.1, 0.15) is 17.2 Å². The zero-order valence-electron chi connectivity index (χ0n) is 16.8. The lowest BCUT2D eigenvalue weighted by molar-refractivity contribution is 0.415. The maximum absolute atomic E-state index is 10.2. The number of aromatic amines is 2. The number of benzene rings is 3. The van der Waals surface area contributed by atoms with E-state index in [0.717, 1.165) is 50.0 Å². The normalized spacial score (nSPS) is 11.4. The molecule has 0 spiro atoms. The topological polar surface area (TPSA) is 70.3 Å². The third kappa shape index (κ3) is 2.95. The maximum atomic E-state index is 10.2. The summed E-state index contributed by atoms with van der Waals surface area (Å²) in [7, 11) is 3.33. The Morgan fingerprint density at radius 1 is 0.733 bits per heavy atom. The molecule has 5 rings (SSSR count). The van der Waals surface area contributed by atoms with Gasteiger partial charge >= 0.3 is 0 Å². The Hall–Kier alpha value is -3.86. The van der Waals surface area contributed by atoms with Crippen molar-refractivity contribution in [1.82, 2.24) is 9.97 Å². The van der Waals surface area contributed by atoms with Gasteiger partial charge in [0.25, 0.3) is 0 Å². The van der Waals surface area contributed by atoms with Crippen LogP contribution in [0.2, 0.25) is 0 Å². The monoisotopic (exact) mass is 398 g/mol. The molecule has 2 aromatic heterocycles. The first-order valence-electron chi connectivity index (χ1n) is 9.77. The molecule has 3 aromatic carbocycles. The Labute approximate surface area is 173 Å². The van der Waals surface area contributed by atoms with Crippen LogP contribution in [0.5, 0.6) is 17.2 Å². The first-order valence-corrected chi connectivity index (χ1v) is 9.77. The zero-order chi connectivity index (χ0) is 20.7. The molecule has 5 nitrogen and oxygen atoms in total. The average molecular weight is 398 g/mol. The van der Waals surface area contributed by atoms with Gasteiger partial charge in [0.2, 0.25) is 0 Å². The number of nitrogens with one attached hydrogen (secondary N) is 2. The molecule has 0 unspecified atom stereocenters. The van der Waals surface area contributed by atoms with E-state index in [1.54, 1.807) is 20.3 Å². The molecular weight excluding hydrogens is 376 g/mol. The number of rotatable bonds is 5. The van der Waals surface area contributed by atoms with Crippen LogP contribution in [0.25, 0.3) is 21.8 Å². The number of fused-ring (bicyclic) bond motifs is 2. The molecule has 2 heterocycles. The van der Waals surface area contributed by atoms with Gasteiger partial charge in [0, 0.05) is 52.3 Å². The van der Waals surface area contributed by atoms with E-state index in [2.05, 4.69) is 28.2 Å². The highest BCUT2D eigenvalue weighted by atomic mass is 16.5. The SMILES string of the molecule is COc1ccc2c(C(c3cccc(O)c3)c3c[nH]c4cc(OC)ccc34)c[nH]c2c1. The molecule has 3 N–H and O–H groups in total. The summed E-state index contributed by atoms with van der Waals surface area (Å²) >= 11 is 0. The lowest BCUT2D eigenvalue weighted by atomic mass is 9.84. The fourth-order valence-electron chi connectivity index (χ4n) is 4.22. The minimum atomic E-state index is -0.0682. The standard InChI is InChI=1S/C25H22N2O3/c1-29-17-6-8-19-21(13-26-23(19)11-17)25(15-4-3-5-16(28)10-15)22-14-27-24-12-18(30-2)7-9-20(22)24/h3-14,25-28H,1-2H3. The van der Waals surface area contributed by atoms with Crippen LogP contribution >= 0.6 is 0 Å². The highest BCUT2D eigenvalue weighted by Crippen LogP contribution is 2.41. The predicted octanol–water partition coefficient (Wildman–Crippen LogP) is 5.55. The number of hydrogen-bond donors (Lipinski definition) is 3. The maximum Gasteiger partial charge on any atom is 0.120 e. The van der Waals surface area contributed by atoms with E-state index in [1.807, 2.05) is 48.8 Å². The van der Waals surface area contributed by atoms with Crippen molar-refractivity contribution in [2.24, 2.45) is 0 Å². The van der Waals surface area contributed by atoms with Crippen molar-refractivity contribution >= 4 is 21.8 Å². The minimum Gasteiger partial charge on any atom is -0.508 e. The predicted molar refractivity (Wildman–Crippen MR) is 119 cm³/mol. The first-order chi connectivity index (χ1) is 14.7. The first kappa shape index (κ1) is 18.2. The number of H-pyrrole nitrogens is 2. The Balaban J connectivity index is 1.75. The quantitative estimate of drug-likeness (QED) is 0.363. The highest BCUT2D eigenvalue weighted by molar-refractivity contribution is 5.90. The van der Waals surface area contributed by atoms with Crippen molar-refractivity contribution in [3.63, 3.8) is 0 Å². The van der Waals surface area contributed by atoms with Gasteiger partial charge in [0.15, 0.2) is 0 Å². The van der Waals surface area contributed by atoms with Crippen molar-refractivity contribution in [2.45, 2.75) is 5.92 Å². The molecule has 0 amide bonds. The lowest BCUT2D eigenvalue weighted by Gasteiger charge is -2.18. The molecule has 0 aliphatic rings. The van der Waals surface area contributed by atoms with Gasteiger partial charge in [-0.25, -0.2) is 0 Å². The molecular formula is C25H22N2O3. The second kappa shape index (κ2) is 7.19. The summed E-state index contributed by atoms with van der Waals surface area (Å²) in [4.78, 5) is 6.77. The number of methoxy groups -OCH3 is 2. The number of aromatic hydroxyl groups is 1. The molecule has 0 radical (unpaired) electrons. The third-order valence-corrected chi connectivity index (χ3v) is 5.67. The van der Waals surface area contributed by atoms with E-state index in [0.29, 0.717) is 0 Å². The van der Waals surface area contributed by atoms with E-state index in [1.165, 1.54) is 0 Å². The second-order valence-electron chi connectivity index (χ2n) is 7.34. The van der Waals surface area contributed by atoms with Crippen LogP contribution in [0, 0.1) is 0 Å². The number of ether oxygens (including phenoxy) is 2. The number of phenols is 1. The van der Waals surface area contributed by atoms with Gasteiger partial charge in [-0.15, -0.1) is 0 Å². The molecule has 0 atom stereocenters. The van der Waals surface area contributed by atoms with Crippen LogP contribution in [0.3, 0.4) is 0 Å². The van der Waals surface area contributed by atoms with Crippen molar-refractivity contribution < 1.29 is 14.6 Å². The summed E-state index contributed by atoms with van der Waals surface area (Å²) < 4.78 is 10.7. The van der Waals surface area contributed by atoms with Crippen LogP contribution in [0.1, 0.15) is 22.6 Å². The molecule has 5 aromatic rings. The third-order valence-electron chi connectivity index (χ3n) is 5.67. The summed E-state index contributed by atoms with van der Waals surface area (Å²) in [5.74, 6) is 1.80. The van der Waals surface area contributed by atoms with E-state index in [4.69, 9.17) is 9.47 Å². The van der Waals surface area contributed by atoms with Gasteiger partial charge in [-0.1, -0.05) is 12.1 Å². The van der Waals surface area contributed by atoms with Crippen molar-refractivity contribution in [2.75, 3.05) is 14.2 Å². The van der Waals surface area contributed by atoms with Crippen LogP contribution < -0.4 is 9.47 Å². The highest BCUT2D eigenvalue weighted by Gasteiger charge is 2.24. The van der Waals surface area contributed by atoms with Gasteiger partial charge in [-0.3, -0.25) is 0 Å². The Morgan fingerprint density at radius 3 is 1.80 bits per heavy atom. The fraction of sp³-hybridized carbons (Fsp3) is 0.120. The van der Waals surface area contributed by atoms with Crippen LogP contribution in [-0.4, -0.2) is 29.3 Å². The summed E-state index contributed by atoms with van der Waals surface area (Å²) in [6.07, 6.45) is 4.09. The van der Waals surface area contributed by atoms with Crippen LogP contribution in [0.4, 0.5) is 0 Å². The number of hydrogen-bond acceptors (Lipinski definition) is 3. The van der Waals surface area contributed by atoms with Crippen molar-refractivity contribution in [3.05, 3.63) is 89.7 Å². The van der Waals surface area contributed by atoms with E-state index >= 15 is 0 Å². The largest absolute Gasteiger partial charge is 0.508 e. The van der Waals surface area contributed by atoms with E-state index in [9.17, 15) is 5.11 Å². The Morgan fingerprint density at radius 2 is 1.30 bits per heavy atom. The van der Waals surface area contributed by atoms with Gasteiger partial charge in [-0.2, -0.15) is 0 Å². The molecule has 30 heavy (non-hydrogen) atoms. The lowest BCUT2D eigenvalue weighted by Crippen LogP contribution is -2.02. The molecule has 150 valence electrons.